The van der Waals surface area contributed by atoms with Gasteiger partial charge in [-0.1, -0.05) is 6.07 Å². The van der Waals surface area contributed by atoms with Gasteiger partial charge in [0.2, 0.25) is 17.8 Å². The van der Waals surface area contributed by atoms with Gasteiger partial charge in [0.15, 0.2) is 0 Å². The Labute approximate surface area is 183 Å². The van der Waals surface area contributed by atoms with Gasteiger partial charge < -0.3 is 15.5 Å². The third-order valence-electron chi connectivity index (χ3n) is 6.02. The summed E-state index contributed by atoms with van der Waals surface area (Å²) in [4.78, 5) is 58.1. The number of piperidine rings is 1. The van der Waals surface area contributed by atoms with Gasteiger partial charge in [-0.2, -0.15) is 4.98 Å². The third-order valence-corrected chi connectivity index (χ3v) is 6.02. The summed E-state index contributed by atoms with van der Waals surface area (Å²) in [7, 11) is 0. The average Bonchev–Trinajstić information content (AvgIpc) is 2.74. The fourth-order valence-electron chi connectivity index (χ4n) is 4.21. The Bertz CT molecular complexity index is 1160. The molecule has 2 aromatic rings. The van der Waals surface area contributed by atoms with Crippen LogP contribution in [-0.4, -0.2) is 39.3 Å². The predicted molar refractivity (Wildman–Crippen MR) is 118 cm³/mol. The van der Waals surface area contributed by atoms with Crippen molar-refractivity contribution in [2.24, 2.45) is 0 Å². The number of aromatic nitrogens is 2. The number of amides is 2. The summed E-state index contributed by atoms with van der Waals surface area (Å²) < 4.78 is 0. The van der Waals surface area contributed by atoms with Crippen molar-refractivity contribution in [1.29, 1.82) is 0 Å². The smallest absolute Gasteiger partial charge is 0.271 e. The molecular weight excluding hydrogens is 416 g/mol. The molecule has 0 spiro atoms. The van der Waals surface area contributed by atoms with E-state index in [0.717, 1.165) is 25.8 Å². The number of fused-ring (bicyclic) bond motifs is 1. The molecule has 4 rings (SSSR count). The molecule has 1 fully saturated rings. The number of non-ortho nitro benzene ring substituents is 1. The first-order valence-electron chi connectivity index (χ1n) is 10.5. The summed E-state index contributed by atoms with van der Waals surface area (Å²) in [5, 5.41) is 16.3. The van der Waals surface area contributed by atoms with Gasteiger partial charge in [-0.25, -0.2) is 0 Å². The average molecular weight is 440 g/mol. The first-order chi connectivity index (χ1) is 15.2. The first kappa shape index (κ1) is 21.5. The number of rotatable bonds is 4. The quantitative estimate of drug-likeness (QED) is 0.488. The second-order valence-corrected chi connectivity index (χ2v) is 8.24. The van der Waals surface area contributed by atoms with Gasteiger partial charge in [-0.05, 0) is 38.7 Å². The number of anilines is 3. The second-order valence-electron chi connectivity index (χ2n) is 8.24. The number of aromatic amines is 1. The fraction of sp³-hybridized carbons (Fsp3) is 0.429. The molecule has 32 heavy (non-hydrogen) atoms. The van der Waals surface area contributed by atoms with E-state index in [2.05, 4.69) is 27.5 Å². The van der Waals surface area contributed by atoms with Crippen molar-refractivity contribution in [2.45, 2.75) is 51.5 Å². The minimum atomic E-state index is -1.07. The van der Waals surface area contributed by atoms with E-state index in [1.165, 1.54) is 18.2 Å². The monoisotopic (exact) mass is 440 g/mol. The van der Waals surface area contributed by atoms with E-state index in [9.17, 15) is 24.5 Å². The molecule has 1 saturated heterocycles. The summed E-state index contributed by atoms with van der Waals surface area (Å²) in [5.41, 5.74) is 0.288. The molecule has 1 aromatic carbocycles. The molecule has 3 N–H and O–H groups in total. The van der Waals surface area contributed by atoms with Crippen molar-refractivity contribution in [3.8, 4) is 0 Å². The van der Waals surface area contributed by atoms with Crippen molar-refractivity contribution < 1.29 is 14.5 Å². The summed E-state index contributed by atoms with van der Waals surface area (Å²) in [6, 6.07) is 4.31. The lowest BCUT2D eigenvalue weighted by molar-refractivity contribution is -0.384. The van der Waals surface area contributed by atoms with E-state index < -0.39 is 28.2 Å². The number of carbonyl (C=O) groups excluding carboxylic acids is 2. The number of nitrogens with one attached hydrogen (secondary N) is 3. The Hall–Kier alpha value is -3.76. The number of nitro benzene ring substituents is 1. The molecule has 0 aliphatic carbocycles. The van der Waals surface area contributed by atoms with E-state index in [0.29, 0.717) is 11.5 Å². The van der Waals surface area contributed by atoms with Crippen LogP contribution in [0.5, 0.6) is 0 Å². The lowest BCUT2D eigenvalue weighted by Crippen LogP contribution is -2.42. The molecular formula is C21H24N6O5. The van der Waals surface area contributed by atoms with E-state index in [4.69, 9.17) is 0 Å². The van der Waals surface area contributed by atoms with E-state index in [1.807, 2.05) is 4.90 Å². The van der Waals surface area contributed by atoms with Gasteiger partial charge in [0.1, 0.15) is 5.82 Å². The van der Waals surface area contributed by atoms with Gasteiger partial charge in [0.25, 0.3) is 11.2 Å². The van der Waals surface area contributed by atoms with Crippen LogP contribution in [-0.2, 0) is 9.59 Å². The standard InChI is InChI=1S/C21H24N6O5/c1-11-6-7-13(27(31)32)9-15(11)22-19(29)14-10-16(28)23-18-17(14)20(30)25-21(24-18)26-8-4-3-5-12(26)2/h6-7,9,12,14H,3-5,8,10H2,1-2H3,(H,22,29)(H2,23,24,25,28,30)/t12-,14+/m0/s1. The number of nitro groups is 1. The summed E-state index contributed by atoms with van der Waals surface area (Å²) in [6.07, 6.45) is 2.83. The minimum Gasteiger partial charge on any atom is -0.340 e. The Balaban J connectivity index is 1.67. The zero-order chi connectivity index (χ0) is 23.0. The highest BCUT2D eigenvalue weighted by Crippen LogP contribution is 2.32. The van der Waals surface area contributed by atoms with Crippen molar-refractivity contribution in [3.63, 3.8) is 0 Å². The topological polar surface area (TPSA) is 150 Å². The number of carbonyl (C=O) groups is 2. The van der Waals surface area contributed by atoms with Crippen LogP contribution in [0.25, 0.3) is 0 Å². The number of hydrogen-bond donors (Lipinski definition) is 3. The first-order valence-corrected chi connectivity index (χ1v) is 10.5. The predicted octanol–water partition coefficient (Wildman–Crippen LogP) is 2.43. The Kier molecular flexibility index (Phi) is 5.64. The third kappa shape index (κ3) is 4.05. The van der Waals surface area contributed by atoms with Crippen molar-refractivity contribution in [1.82, 2.24) is 9.97 Å². The van der Waals surface area contributed by atoms with Crippen LogP contribution in [0.15, 0.2) is 23.0 Å². The maximum Gasteiger partial charge on any atom is 0.271 e. The zero-order valence-electron chi connectivity index (χ0n) is 17.8. The molecule has 3 heterocycles. The van der Waals surface area contributed by atoms with Crippen LogP contribution in [0.2, 0.25) is 0 Å². The summed E-state index contributed by atoms with van der Waals surface area (Å²) in [5.74, 6) is -1.65. The van der Waals surface area contributed by atoms with Gasteiger partial charge in [0, 0.05) is 31.1 Å². The van der Waals surface area contributed by atoms with Gasteiger partial charge in [-0.3, -0.25) is 29.5 Å². The van der Waals surface area contributed by atoms with Crippen LogP contribution in [0.4, 0.5) is 23.1 Å². The normalized spacial score (nSPS) is 20.3. The minimum absolute atomic E-state index is 0.0775. The molecule has 11 nitrogen and oxygen atoms in total. The van der Waals surface area contributed by atoms with E-state index in [-0.39, 0.29) is 35.2 Å². The molecule has 0 unspecified atom stereocenters. The number of hydrogen-bond acceptors (Lipinski definition) is 7. The fourth-order valence-corrected chi connectivity index (χ4v) is 4.21. The van der Waals surface area contributed by atoms with Crippen molar-refractivity contribution in [3.05, 3.63) is 49.8 Å². The van der Waals surface area contributed by atoms with Crippen LogP contribution >= 0.6 is 0 Å². The van der Waals surface area contributed by atoms with Gasteiger partial charge >= 0.3 is 0 Å². The lowest BCUT2D eigenvalue weighted by atomic mass is 9.92. The largest absolute Gasteiger partial charge is 0.340 e. The van der Waals surface area contributed by atoms with Crippen molar-refractivity contribution >= 4 is 35.0 Å². The van der Waals surface area contributed by atoms with Crippen molar-refractivity contribution in [2.75, 3.05) is 22.1 Å². The number of benzene rings is 1. The molecule has 0 bridgehead atoms. The Morgan fingerprint density at radius 3 is 2.81 bits per heavy atom. The molecule has 11 heteroatoms. The number of aryl methyl sites for hydroxylation is 1. The Morgan fingerprint density at radius 1 is 1.31 bits per heavy atom. The maximum atomic E-state index is 13.0. The SMILES string of the molecule is Cc1ccc([N+](=O)[O-])cc1NC(=O)[C@@H]1CC(=O)Nc2nc(N3CCCC[C@@H]3C)[nH]c(=O)c21. The van der Waals surface area contributed by atoms with Gasteiger partial charge in [0.05, 0.1) is 22.1 Å². The van der Waals surface area contributed by atoms with Crippen LogP contribution in [0, 0.1) is 17.0 Å². The van der Waals surface area contributed by atoms with Gasteiger partial charge in [-0.15, -0.1) is 0 Å². The number of H-pyrrole nitrogens is 1. The molecule has 0 radical (unpaired) electrons. The van der Waals surface area contributed by atoms with Crippen LogP contribution in [0.1, 0.15) is 49.7 Å². The summed E-state index contributed by atoms with van der Waals surface area (Å²) >= 11 is 0. The molecule has 2 atom stereocenters. The highest BCUT2D eigenvalue weighted by Gasteiger charge is 2.36. The Morgan fingerprint density at radius 2 is 2.09 bits per heavy atom. The zero-order valence-corrected chi connectivity index (χ0v) is 17.8. The van der Waals surface area contributed by atoms with Crippen LogP contribution in [0.3, 0.4) is 0 Å². The highest BCUT2D eigenvalue weighted by molar-refractivity contribution is 6.04. The molecule has 168 valence electrons. The molecule has 1 aromatic heterocycles. The van der Waals surface area contributed by atoms with E-state index >= 15 is 0 Å². The van der Waals surface area contributed by atoms with E-state index in [1.54, 1.807) is 6.92 Å². The molecule has 0 saturated carbocycles. The molecule has 2 amide bonds. The molecule has 2 aliphatic rings. The molecule has 2 aliphatic heterocycles. The van der Waals surface area contributed by atoms with Crippen LogP contribution < -0.4 is 21.1 Å². The second kappa shape index (κ2) is 8.40. The lowest BCUT2D eigenvalue weighted by Gasteiger charge is -2.34. The summed E-state index contributed by atoms with van der Waals surface area (Å²) in [6.45, 7) is 4.49. The number of nitrogens with zero attached hydrogens (tertiary/aromatic N) is 3. The highest BCUT2D eigenvalue weighted by atomic mass is 16.6. The maximum absolute atomic E-state index is 13.0.